The summed E-state index contributed by atoms with van der Waals surface area (Å²) in [6.45, 7) is 6.68. The molecule has 0 aliphatic rings. The van der Waals surface area contributed by atoms with Crippen LogP contribution in [0, 0.1) is 0 Å². The minimum atomic E-state index is -1.24. The molecule has 2 amide bonds. The molecule has 110 valence electrons. The second kappa shape index (κ2) is 7.11. The number of nitrogens with one attached hydrogen (secondary N) is 1. The third-order valence-electron chi connectivity index (χ3n) is 2.98. The summed E-state index contributed by atoms with van der Waals surface area (Å²) in [5, 5.41) is 11.8. The van der Waals surface area contributed by atoms with Crippen molar-refractivity contribution in [3.63, 3.8) is 0 Å². The third kappa shape index (κ3) is 5.72. The average molecular weight is 272 g/mol. The molecule has 0 unspecified atom stereocenters. The number of hydrogen-bond donors (Lipinski definition) is 2. The minimum Gasteiger partial charge on any atom is -0.480 e. The van der Waals surface area contributed by atoms with Crippen LogP contribution in [0.5, 0.6) is 0 Å². The molecule has 0 rings (SSSR count). The van der Waals surface area contributed by atoms with Gasteiger partial charge >= 0.3 is 5.97 Å². The van der Waals surface area contributed by atoms with Crippen molar-refractivity contribution in [2.75, 3.05) is 7.05 Å². The van der Waals surface area contributed by atoms with Crippen molar-refractivity contribution < 1.29 is 19.5 Å². The van der Waals surface area contributed by atoms with Gasteiger partial charge in [0.05, 0.1) is 0 Å². The van der Waals surface area contributed by atoms with Crippen LogP contribution in [-0.2, 0) is 14.4 Å². The number of carbonyl (C=O) groups excluding carboxylic acids is 2. The van der Waals surface area contributed by atoms with Crippen molar-refractivity contribution in [2.24, 2.45) is 0 Å². The molecule has 0 fully saturated rings. The van der Waals surface area contributed by atoms with Crippen molar-refractivity contribution in [3.05, 3.63) is 0 Å². The highest BCUT2D eigenvalue weighted by atomic mass is 16.4. The van der Waals surface area contributed by atoms with Gasteiger partial charge in [-0.2, -0.15) is 0 Å². The standard InChI is InChI=1S/C13H24N2O4/c1-9(2)14-10(16)7-6-8-11(17)15(5)13(3,4)12(18)19/h9H,6-8H2,1-5H3,(H,14,16)(H,18,19). The molecule has 0 aromatic carbocycles. The highest BCUT2D eigenvalue weighted by molar-refractivity contribution is 5.86. The molecule has 0 radical (unpaired) electrons. The second-order valence-electron chi connectivity index (χ2n) is 5.39. The number of amides is 2. The van der Waals surface area contributed by atoms with E-state index < -0.39 is 11.5 Å². The first-order valence-corrected chi connectivity index (χ1v) is 6.38. The molecule has 0 aromatic heterocycles. The monoisotopic (exact) mass is 272 g/mol. The maximum absolute atomic E-state index is 11.8. The quantitative estimate of drug-likeness (QED) is 0.724. The zero-order chi connectivity index (χ0) is 15.2. The number of rotatable bonds is 7. The molecule has 0 atom stereocenters. The number of carboxylic acids is 1. The molecular weight excluding hydrogens is 248 g/mol. The van der Waals surface area contributed by atoms with Crippen LogP contribution < -0.4 is 5.32 Å². The van der Waals surface area contributed by atoms with Crippen LogP contribution in [0.15, 0.2) is 0 Å². The Morgan fingerprint density at radius 1 is 1.21 bits per heavy atom. The Bertz CT molecular complexity index is 351. The Morgan fingerprint density at radius 3 is 2.16 bits per heavy atom. The molecule has 0 aromatic rings. The summed E-state index contributed by atoms with van der Waals surface area (Å²) in [4.78, 5) is 35.4. The molecule has 6 nitrogen and oxygen atoms in total. The first-order valence-electron chi connectivity index (χ1n) is 6.38. The van der Waals surface area contributed by atoms with E-state index in [2.05, 4.69) is 5.32 Å². The first-order chi connectivity index (χ1) is 8.59. The fourth-order valence-electron chi connectivity index (χ4n) is 1.42. The summed E-state index contributed by atoms with van der Waals surface area (Å²) >= 11 is 0. The van der Waals surface area contributed by atoms with E-state index in [9.17, 15) is 14.4 Å². The largest absolute Gasteiger partial charge is 0.480 e. The Kier molecular flexibility index (Phi) is 6.52. The number of hydrogen-bond acceptors (Lipinski definition) is 3. The van der Waals surface area contributed by atoms with Gasteiger partial charge < -0.3 is 15.3 Å². The van der Waals surface area contributed by atoms with Gasteiger partial charge in [0.15, 0.2) is 0 Å². The number of carbonyl (C=O) groups is 3. The number of nitrogens with zero attached hydrogens (tertiary/aromatic N) is 1. The summed E-state index contributed by atoms with van der Waals surface area (Å²) in [7, 11) is 1.46. The van der Waals surface area contributed by atoms with Crippen molar-refractivity contribution in [2.45, 2.75) is 58.5 Å². The van der Waals surface area contributed by atoms with Crippen LogP contribution in [0.3, 0.4) is 0 Å². The van der Waals surface area contributed by atoms with Crippen LogP contribution in [0.25, 0.3) is 0 Å². The topological polar surface area (TPSA) is 86.7 Å². The summed E-state index contributed by atoms with van der Waals surface area (Å²) in [5.74, 6) is -1.42. The maximum Gasteiger partial charge on any atom is 0.329 e. The molecular formula is C13H24N2O4. The molecule has 0 saturated carbocycles. The summed E-state index contributed by atoms with van der Waals surface area (Å²) in [5.41, 5.74) is -1.24. The van der Waals surface area contributed by atoms with Gasteiger partial charge in [-0.25, -0.2) is 4.79 Å². The van der Waals surface area contributed by atoms with Crippen molar-refractivity contribution in [1.82, 2.24) is 10.2 Å². The van der Waals surface area contributed by atoms with E-state index in [0.29, 0.717) is 6.42 Å². The van der Waals surface area contributed by atoms with Crippen LogP contribution >= 0.6 is 0 Å². The highest BCUT2D eigenvalue weighted by Gasteiger charge is 2.34. The minimum absolute atomic E-state index is 0.0804. The van der Waals surface area contributed by atoms with E-state index >= 15 is 0 Å². The zero-order valence-corrected chi connectivity index (χ0v) is 12.3. The van der Waals surface area contributed by atoms with Crippen LogP contribution in [0.1, 0.15) is 47.0 Å². The average Bonchev–Trinajstić information content (AvgIpc) is 2.26. The Balaban J connectivity index is 4.19. The molecule has 0 bridgehead atoms. The molecule has 0 spiro atoms. The molecule has 0 saturated heterocycles. The number of likely N-dealkylation sites (N-methyl/N-ethyl adjacent to an activating group) is 1. The molecule has 19 heavy (non-hydrogen) atoms. The van der Waals surface area contributed by atoms with Crippen molar-refractivity contribution in [1.29, 1.82) is 0 Å². The molecule has 0 heterocycles. The predicted molar refractivity (Wildman–Crippen MR) is 71.6 cm³/mol. The summed E-state index contributed by atoms with van der Waals surface area (Å²) in [6, 6.07) is 0.0804. The van der Waals surface area contributed by atoms with E-state index in [0.717, 1.165) is 0 Å². The Hall–Kier alpha value is -1.59. The van der Waals surface area contributed by atoms with Gasteiger partial charge in [-0.15, -0.1) is 0 Å². The van der Waals surface area contributed by atoms with E-state index in [1.54, 1.807) is 0 Å². The highest BCUT2D eigenvalue weighted by Crippen LogP contribution is 2.14. The molecule has 6 heteroatoms. The van der Waals surface area contributed by atoms with Gasteiger partial charge in [-0.3, -0.25) is 9.59 Å². The predicted octanol–water partition coefficient (Wildman–Crippen LogP) is 1.00. The lowest BCUT2D eigenvalue weighted by molar-refractivity contribution is -0.155. The molecule has 0 aliphatic carbocycles. The van der Waals surface area contributed by atoms with Crippen molar-refractivity contribution in [3.8, 4) is 0 Å². The maximum atomic E-state index is 11.8. The van der Waals surface area contributed by atoms with E-state index in [1.807, 2.05) is 13.8 Å². The summed E-state index contributed by atoms with van der Waals surface area (Å²) < 4.78 is 0. The Labute approximate surface area is 114 Å². The van der Waals surface area contributed by atoms with Crippen LogP contribution in [0.4, 0.5) is 0 Å². The fraction of sp³-hybridized carbons (Fsp3) is 0.769. The second-order valence-corrected chi connectivity index (χ2v) is 5.39. The van der Waals surface area contributed by atoms with E-state index in [-0.39, 0.29) is 30.7 Å². The normalized spacial score (nSPS) is 11.3. The molecule has 0 aliphatic heterocycles. The molecule has 2 N–H and O–H groups in total. The zero-order valence-electron chi connectivity index (χ0n) is 12.3. The van der Waals surface area contributed by atoms with Crippen LogP contribution in [0.2, 0.25) is 0 Å². The number of carboxylic acid groups (broad SMARTS) is 1. The van der Waals surface area contributed by atoms with Gasteiger partial charge in [0, 0.05) is 25.9 Å². The summed E-state index contributed by atoms with van der Waals surface area (Å²) in [6.07, 6.45) is 0.849. The van der Waals surface area contributed by atoms with Gasteiger partial charge in [0.1, 0.15) is 5.54 Å². The van der Waals surface area contributed by atoms with Crippen LogP contribution in [-0.4, -0.2) is 46.4 Å². The number of aliphatic carboxylic acids is 1. The van der Waals surface area contributed by atoms with Crippen molar-refractivity contribution >= 4 is 17.8 Å². The van der Waals surface area contributed by atoms with Gasteiger partial charge in [0.25, 0.3) is 0 Å². The Morgan fingerprint density at radius 2 is 1.74 bits per heavy atom. The van der Waals surface area contributed by atoms with E-state index in [1.165, 1.54) is 25.8 Å². The van der Waals surface area contributed by atoms with Gasteiger partial charge in [-0.05, 0) is 34.1 Å². The lowest BCUT2D eigenvalue weighted by Gasteiger charge is -2.31. The SMILES string of the molecule is CC(C)NC(=O)CCCC(=O)N(C)C(C)(C)C(=O)O. The first kappa shape index (κ1) is 17.4. The lowest BCUT2D eigenvalue weighted by atomic mass is 10.0. The van der Waals surface area contributed by atoms with Gasteiger partial charge in [0.2, 0.25) is 11.8 Å². The fourth-order valence-corrected chi connectivity index (χ4v) is 1.42. The lowest BCUT2D eigenvalue weighted by Crippen LogP contribution is -2.50. The van der Waals surface area contributed by atoms with Gasteiger partial charge in [-0.1, -0.05) is 0 Å². The smallest absolute Gasteiger partial charge is 0.329 e. The third-order valence-corrected chi connectivity index (χ3v) is 2.98. The van der Waals surface area contributed by atoms with E-state index in [4.69, 9.17) is 5.11 Å².